The van der Waals surface area contributed by atoms with Crippen LogP contribution in [0.25, 0.3) is 0 Å². The van der Waals surface area contributed by atoms with Crippen molar-refractivity contribution in [2.75, 3.05) is 26.3 Å². The summed E-state index contributed by atoms with van der Waals surface area (Å²) in [6.45, 7) is 7.54. The number of halogens is 2. The molecule has 2 atom stereocenters. The highest BCUT2D eigenvalue weighted by Gasteiger charge is 2.33. The van der Waals surface area contributed by atoms with E-state index < -0.39 is 23.6 Å². The number of carboxylic acid groups (broad SMARTS) is 2. The smallest absolute Gasteiger partial charge is 0.300 e. The van der Waals surface area contributed by atoms with Gasteiger partial charge in [-0.3, -0.25) is 14.5 Å². The summed E-state index contributed by atoms with van der Waals surface area (Å²) < 4.78 is 33.5. The molecule has 2 aliphatic rings. The Kier molecular flexibility index (Phi) is 11.5. The number of hydrogen-bond donors (Lipinski definition) is 3. The van der Waals surface area contributed by atoms with E-state index in [1.165, 1.54) is 31.4 Å². The molecule has 170 valence electrons. The zero-order valence-corrected chi connectivity index (χ0v) is 17.8. The summed E-state index contributed by atoms with van der Waals surface area (Å²) in [5.41, 5.74) is 0.609. The SMILES string of the molecule is CC(=O)O.CC(=O)O.Cc1ccc(F)c(CN[C@H]2COC[C@@H]2N2CCCCC2)c1F. The molecule has 0 radical (unpaired) electrons. The van der Waals surface area contributed by atoms with Crippen LogP contribution < -0.4 is 5.32 Å². The minimum Gasteiger partial charge on any atom is -0.481 e. The number of hydrogen-bond acceptors (Lipinski definition) is 5. The molecule has 30 heavy (non-hydrogen) atoms. The first-order valence-corrected chi connectivity index (χ1v) is 10.0. The summed E-state index contributed by atoms with van der Waals surface area (Å²) >= 11 is 0. The third-order valence-electron chi connectivity index (χ3n) is 4.83. The molecule has 2 fully saturated rings. The molecule has 0 aliphatic carbocycles. The van der Waals surface area contributed by atoms with Gasteiger partial charge in [0.15, 0.2) is 0 Å². The molecule has 2 saturated heterocycles. The third kappa shape index (κ3) is 9.15. The van der Waals surface area contributed by atoms with Crippen LogP contribution in [-0.2, 0) is 20.9 Å². The molecule has 0 amide bonds. The Morgan fingerprint density at radius 3 is 2.23 bits per heavy atom. The van der Waals surface area contributed by atoms with Crippen LogP contribution in [0.2, 0.25) is 0 Å². The second-order valence-corrected chi connectivity index (χ2v) is 7.38. The Labute approximate surface area is 176 Å². The molecule has 2 heterocycles. The molecule has 7 nitrogen and oxygen atoms in total. The zero-order valence-electron chi connectivity index (χ0n) is 17.8. The lowest BCUT2D eigenvalue weighted by Crippen LogP contribution is -2.50. The lowest BCUT2D eigenvalue weighted by molar-refractivity contribution is -0.135. The number of aryl methyl sites for hydroxylation is 1. The largest absolute Gasteiger partial charge is 0.481 e. The van der Waals surface area contributed by atoms with Gasteiger partial charge in [0.1, 0.15) is 11.6 Å². The van der Waals surface area contributed by atoms with Crippen molar-refractivity contribution < 1.29 is 33.3 Å². The fourth-order valence-corrected chi connectivity index (χ4v) is 3.46. The molecular formula is C21H32F2N2O5. The maximum atomic E-state index is 14.1. The molecule has 2 aliphatic heterocycles. The van der Waals surface area contributed by atoms with Crippen LogP contribution in [-0.4, -0.2) is 65.4 Å². The van der Waals surface area contributed by atoms with Crippen molar-refractivity contribution in [3.05, 3.63) is 34.9 Å². The van der Waals surface area contributed by atoms with E-state index in [4.69, 9.17) is 24.5 Å². The summed E-state index contributed by atoms with van der Waals surface area (Å²) in [6, 6.07) is 3.26. The zero-order chi connectivity index (χ0) is 22.7. The van der Waals surface area contributed by atoms with Crippen LogP contribution in [0.4, 0.5) is 8.78 Å². The van der Waals surface area contributed by atoms with Gasteiger partial charge in [-0.05, 0) is 44.5 Å². The quantitative estimate of drug-likeness (QED) is 0.676. The van der Waals surface area contributed by atoms with Crippen molar-refractivity contribution >= 4 is 11.9 Å². The van der Waals surface area contributed by atoms with Crippen LogP contribution in [0.5, 0.6) is 0 Å². The predicted molar refractivity (Wildman–Crippen MR) is 108 cm³/mol. The van der Waals surface area contributed by atoms with E-state index in [2.05, 4.69) is 10.2 Å². The van der Waals surface area contributed by atoms with Gasteiger partial charge >= 0.3 is 0 Å². The standard InChI is InChI=1S/C17H24F2N2O.2C2H4O2/c1-12-5-6-14(18)13(17(12)19)9-20-15-10-22-11-16(15)21-7-3-2-4-8-21;2*1-2(3)4/h5-6,15-16,20H,2-4,7-11H2,1H3;2*1H3,(H,3,4)/t15-,16-;;/m0../s1. The highest BCUT2D eigenvalue weighted by atomic mass is 19.1. The first-order chi connectivity index (χ1) is 14.1. The Morgan fingerprint density at radius 1 is 1.10 bits per heavy atom. The van der Waals surface area contributed by atoms with Gasteiger partial charge in [0.2, 0.25) is 0 Å². The van der Waals surface area contributed by atoms with E-state index in [-0.39, 0.29) is 18.2 Å². The molecule has 3 N–H and O–H groups in total. The number of benzene rings is 1. The third-order valence-corrected chi connectivity index (χ3v) is 4.83. The average molecular weight is 430 g/mol. The van der Waals surface area contributed by atoms with Gasteiger partial charge < -0.3 is 20.3 Å². The topological polar surface area (TPSA) is 99.1 Å². The van der Waals surface area contributed by atoms with E-state index in [1.54, 1.807) is 6.92 Å². The van der Waals surface area contributed by atoms with Crippen LogP contribution in [0.1, 0.15) is 44.2 Å². The van der Waals surface area contributed by atoms with Crippen molar-refractivity contribution in [2.45, 2.75) is 58.7 Å². The van der Waals surface area contributed by atoms with Crippen LogP contribution in [0, 0.1) is 18.6 Å². The summed E-state index contributed by atoms with van der Waals surface area (Å²) in [7, 11) is 0. The number of carbonyl (C=O) groups is 2. The molecule has 0 spiro atoms. The van der Waals surface area contributed by atoms with Crippen molar-refractivity contribution in [1.82, 2.24) is 10.2 Å². The van der Waals surface area contributed by atoms with Crippen molar-refractivity contribution in [3.8, 4) is 0 Å². The molecular weight excluding hydrogens is 398 g/mol. The minimum absolute atomic E-state index is 0.129. The van der Waals surface area contributed by atoms with E-state index >= 15 is 0 Å². The Balaban J connectivity index is 0.000000485. The first kappa shape index (κ1) is 25.9. The number of piperidine rings is 1. The van der Waals surface area contributed by atoms with Gasteiger partial charge in [-0.25, -0.2) is 8.78 Å². The molecule has 1 aromatic rings. The molecule has 0 saturated carbocycles. The molecule has 1 aromatic carbocycles. The lowest BCUT2D eigenvalue weighted by atomic mass is 10.0. The normalized spacial score (nSPS) is 21.1. The Bertz CT molecular complexity index is 676. The summed E-state index contributed by atoms with van der Waals surface area (Å²) in [4.78, 5) is 20.5. The highest BCUT2D eigenvalue weighted by molar-refractivity contribution is 5.63. The minimum atomic E-state index is -0.833. The molecule has 3 rings (SSSR count). The maximum Gasteiger partial charge on any atom is 0.300 e. The van der Waals surface area contributed by atoms with E-state index in [0.717, 1.165) is 26.9 Å². The monoisotopic (exact) mass is 430 g/mol. The van der Waals surface area contributed by atoms with Crippen LogP contribution in [0.3, 0.4) is 0 Å². The van der Waals surface area contributed by atoms with Gasteiger partial charge in [0, 0.05) is 32.0 Å². The van der Waals surface area contributed by atoms with Gasteiger partial charge in [0.25, 0.3) is 11.9 Å². The molecule has 0 unspecified atom stereocenters. The fourth-order valence-electron chi connectivity index (χ4n) is 3.46. The van der Waals surface area contributed by atoms with Crippen LogP contribution >= 0.6 is 0 Å². The van der Waals surface area contributed by atoms with Gasteiger partial charge in [-0.1, -0.05) is 12.5 Å². The number of aliphatic carboxylic acids is 2. The van der Waals surface area contributed by atoms with Crippen LogP contribution in [0.15, 0.2) is 12.1 Å². The second-order valence-electron chi connectivity index (χ2n) is 7.38. The second kappa shape index (κ2) is 13.3. The fraction of sp³-hybridized carbons (Fsp3) is 0.619. The van der Waals surface area contributed by atoms with E-state index in [9.17, 15) is 8.78 Å². The summed E-state index contributed by atoms with van der Waals surface area (Å²) in [5, 5.41) is 18.1. The molecule has 0 bridgehead atoms. The maximum absolute atomic E-state index is 14.1. The van der Waals surface area contributed by atoms with Crippen molar-refractivity contribution in [3.63, 3.8) is 0 Å². The lowest BCUT2D eigenvalue weighted by Gasteiger charge is -2.34. The Morgan fingerprint density at radius 2 is 1.67 bits per heavy atom. The molecule has 0 aromatic heterocycles. The number of rotatable bonds is 4. The van der Waals surface area contributed by atoms with Gasteiger partial charge in [-0.15, -0.1) is 0 Å². The summed E-state index contributed by atoms with van der Waals surface area (Å²) in [5.74, 6) is -2.59. The number of carboxylic acids is 2. The van der Waals surface area contributed by atoms with E-state index in [0.29, 0.717) is 24.8 Å². The van der Waals surface area contributed by atoms with Gasteiger partial charge in [0.05, 0.1) is 19.3 Å². The van der Waals surface area contributed by atoms with Gasteiger partial charge in [-0.2, -0.15) is 0 Å². The number of nitrogens with zero attached hydrogens (tertiary/aromatic N) is 1. The predicted octanol–water partition coefficient (Wildman–Crippen LogP) is 2.80. The van der Waals surface area contributed by atoms with E-state index in [1.807, 2.05) is 0 Å². The summed E-state index contributed by atoms with van der Waals surface area (Å²) in [6.07, 6.45) is 3.75. The number of nitrogens with one attached hydrogen (secondary N) is 1. The molecule has 9 heteroatoms. The Hall–Kier alpha value is -2.10. The first-order valence-electron chi connectivity index (χ1n) is 10.0. The average Bonchev–Trinajstić information content (AvgIpc) is 3.13. The number of ether oxygens (including phenoxy) is 1. The van der Waals surface area contributed by atoms with Crippen molar-refractivity contribution in [1.29, 1.82) is 0 Å². The number of likely N-dealkylation sites (tertiary alicyclic amines) is 1. The highest BCUT2D eigenvalue weighted by Crippen LogP contribution is 2.21. The van der Waals surface area contributed by atoms with Crippen molar-refractivity contribution in [2.24, 2.45) is 0 Å².